The third kappa shape index (κ3) is 3.20. The van der Waals surface area contributed by atoms with Crippen molar-refractivity contribution in [2.75, 3.05) is 19.6 Å². The van der Waals surface area contributed by atoms with Crippen LogP contribution in [-0.2, 0) is 4.79 Å². The van der Waals surface area contributed by atoms with E-state index in [2.05, 4.69) is 31.4 Å². The van der Waals surface area contributed by atoms with Crippen LogP contribution >= 0.6 is 0 Å². The highest BCUT2D eigenvalue weighted by Crippen LogP contribution is 2.24. The highest BCUT2D eigenvalue weighted by molar-refractivity contribution is 5.82. The van der Waals surface area contributed by atoms with Crippen molar-refractivity contribution in [3.05, 3.63) is 0 Å². The minimum absolute atomic E-state index is 0.184. The predicted octanol–water partition coefficient (Wildman–Crippen LogP) is 1.39. The minimum Gasteiger partial charge on any atom is -0.355 e. The van der Waals surface area contributed by atoms with Gasteiger partial charge in [0.2, 0.25) is 5.91 Å². The van der Waals surface area contributed by atoms with Crippen LogP contribution in [0.5, 0.6) is 0 Å². The van der Waals surface area contributed by atoms with Crippen LogP contribution in [0.2, 0.25) is 0 Å². The summed E-state index contributed by atoms with van der Waals surface area (Å²) in [4.78, 5) is 11.9. The van der Waals surface area contributed by atoms with Crippen LogP contribution in [0, 0.1) is 17.3 Å². The first-order valence-electron chi connectivity index (χ1n) is 5.95. The van der Waals surface area contributed by atoms with Crippen LogP contribution in [-0.4, -0.2) is 25.5 Å². The van der Waals surface area contributed by atoms with E-state index in [-0.39, 0.29) is 11.3 Å². The van der Waals surface area contributed by atoms with Crippen LogP contribution in [0.3, 0.4) is 0 Å². The molecule has 2 unspecified atom stereocenters. The zero-order chi connectivity index (χ0) is 11.5. The van der Waals surface area contributed by atoms with Gasteiger partial charge < -0.3 is 10.6 Å². The highest BCUT2D eigenvalue weighted by Gasteiger charge is 2.36. The number of carbonyl (C=O) groups is 1. The number of amides is 1. The summed E-state index contributed by atoms with van der Waals surface area (Å²) >= 11 is 0. The van der Waals surface area contributed by atoms with Crippen LogP contribution in [0.4, 0.5) is 0 Å². The summed E-state index contributed by atoms with van der Waals surface area (Å²) in [6.45, 7) is 11.2. The molecular weight excluding hydrogens is 188 g/mol. The molecule has 0 aromatic heterocycles. The Kier molecular flexibility index (Phi) is 4.14. The first kappa shape index (κ1) is 12.5. The van der Waals surface area contributed by atoms with Gasteiger partial charge in [0.25, 0.3) is 0 Å². The molecule has 1 heterocycles. The molecule has 0 spiro atoms. The third-order valence-corrected chi connectivity index (χ3v) is 3.64. The summed E-state index contributed by atoms with van der Waals surface area (Å²) in [6.07, 6.45) is 0.953. The lowest BCUT2D eigenvalue weighted by Crippen LogP contribution is -2.42. The second kappa shape index (κ2) is 4.97. The van der Waals surface area contributed by atoms with Gasteiger partial charge in [-0.3, -0.25) is 4.79 Å². The molecule has 1 fully saturated rings. The molecule has 0 radical (unpaired) electrons. The van der Waals surface area contributed by atoms with Crippen LogP contribution in [0.15, 0.2) is 0 Å². The Morgan fingerprint density at radius 3 is 2.60 bits per heavy atom. The highest BCUT2D eigenvalue weighted by atomic mass is 16.2. The Labute approximate surface area is 93.0 Å². The second-order valence-corrected chi connectivity index (χ2v) is 5.42. The van der Waals surface area contributed by atoms with E-state index in [1.54, 1.807) is 0 Å². The monoisotopic (exact) mass is 212 g/mol. The molecule has 2 N–H and O–H groups in total. The van der Waals surface area contributed by atoms with E-state index < -0.39 is 0 Å². The van der Waals surface area contributed by atoms with E-state index in [0.29, 0.717) is 11.8 Å². The third-order valence-electron chi connectivity index (χ3n) is 3.64. The van der Waals surface area contributed by atoms with Crippen LogP contribution < -0.4 is 10.6 Å². The van der Waals surface area contributed by atoms with Crippen molar-refractivity contribution in [2.24, 2.45) is 17.3 Å². The average molecular weight is 212 g/mol. The summed E-state index contributed by atoms with van der Waals surface area (Å²) < 4.78 is 0. The number of hydrogen-bond acceptors (Lipinski definition) is 2. The van der Waals surface area contributed by atoms with Crippen LogP contribution in [0.1, 0.15) is 34.1 Å². The molecule has 3 nitrogen and oxygen atoms in total. The molecule has 3 heteroatoms. The Morgan fingerprint density at radius 2 is 2.13 bits per heavy atom. The molecule has 1 aliphatic heterocycles. The lowest BCUT2D eigenvalue weighted by molar-refractivity contribution is -0.129. The minimum atomic E-state index is -0.184. The normalized spacial score (nSPS) is 28.1. The van der Waals surface area contributed by atoms with Crippen molar-refractivity contribution < 1.29 is 4.79 Å². The number of nitrogens with one attached hydrogen (secondary N) is 2. The summed E-state index contributed by atoms with van der Waals surface area (Å²) in [6, 6.07) is 0. The van der Waals surface area contributed by atoms with Gasteiger partial charge in [0, 0.05) is 13.1 Å². The zero-order valence-corrected chi connectivity index (χ0v) is 10.4. The molecule has 0 bridgehead atoms. The van der Waals surface area contributed by atoms with Gasteiger partial charge in [-0.15, -0.1) is 0 Å². The SMILES string of the molecule is CC(C)C(C)CNC(=O)C1(C)CCNC1. The maximum atomic E-state index is 11.9. The lowest BCUT2D eigenvalue weighted by atomic mass is 9.88. The Bertz CT molecular complexity index is 220. The Morgan fingerprint density at radius 1 is 1.47 bits per heavy atom. The van der Waals surface area contributed by atoms with Crippen molar-refractivity contribution in [2.45, 2.75) is 34.1 Å². The van der Waals surface area contributed by atoms with E-state index >= 15 is 0 Å². The van der Waals surface area contributed by atoms with Gasteiger partial charge in [0.05, 0.1) is 5.41 Å². The molecule has 88 valence electrons. The largest absolute Gasteiger partial charge is 0.355 e. The van der Waals surface area contributed by atoms with E-state index in [1.807, 2.05) is 6.92 Å². The summed E-state index contributed by atoms with van der Waals surface area (Å²) in [5.74, 6) is 1.38. The number of carbonyl (C=O) groups excluding carboxylic acids is 1. The molecule has 1 rings (SSSR count). The Balaban J connectivity index is 2.35. The Hall–Kier alpha value is -0.570. The maximum absolute atomic E-state index is 11.9. The van der Waals surface area contributed by atoms with Gasteiger partial charge >= 0.3 is 0 Å². The summed E-state index contributed by atoms with van der Waals surface area (Å²) in [5.41, 5.74) is -0.184. The molecule has 0 saturated carbocycles. The second-order valence-electron chi connectivity index (χ2n) is 5.42. The van der Waals surface area contributed by atoms with Crippen molar-refractivity contribution >= 4 is 5.91 Å². The maximum Gasteiger partial charge on any atom is 0.227 e. The summed E-state index contributed by atoms with van der Waals surface area (Å²) in [7, 11) is 0. The lowest BCUT2D eigenvalue weighted by Gasteiger charge is -2.24. The van der Waals surface area contributed by atoms with Crippen LogP contribution in [0.25, 0.3) is 0 Å². The topological polar surface area (TPSA) is 41.1 Å². The van der Waals surface area contributed by atoms with E-state index in [0.717, 1.165) is 26.1 Å². The molecule has 1 aliphatic rings. The number of rotatable bonds is 4. The standard InChI is InChI=1S/C12H24N2O/c1-9(2)10(3)7-14-11(15)12(4)5-6-13-8-12/h9-10,13H,5-8H2,1-4H3,(H,14,15). The molecule has 1 saturated heterocycles. The van der Waals surface area contributed by atoms with Gasteiger partial charge in [0.1, 0.15) is 0 Å². The van der Waals surface area contributed by atoms with E-state index in [1.165, 1.54) is 0 Å². The van der Waals surface area contributed by atoms with Gasteiger partial charge in [-0.2, -0.15) is 0 Å². The number of hydrogen-bond donors (Lipinski definition) is 2. The molecule has 2 atom stereocenters. The fourth-order valence-electron chi connectivity index (χ4n) is 1.71. The molecular formula is C12H24N2O. The zero-order valence-electron chi connectivity index (χ0n) is 10.4. The van der Waals surface area contributed by atoms with Gasteiger partial charge in [-0.1, -0.05) is 20.8 Å². The molecule has 0 aliphatic carbocycles. The fourth-order valence-corrected chi connectivity index (χ4v) is 1.71. The smallest absolute Gasteiger partial charge is 0.227 e. The average Bonchev–Trinajstić information content (AvgIpc) is 2.62. The summed E-state index contributed by atoms with van der Waals surface area (Å²) in [5, 5.41) is 6.31. The molecule has 15 heavy (non-hydrogen) atoms. The molecule has 1 amide bonds. The molecule has 0 aromatic carbocycles. The first-order valence-corrected chi connectivity index (χ1v) is 5.95. The van der Waals surface area contributed by atoms with Crippen molar-refractivity contribution in [1.29, 1.82) is 0 Å². The van der Waals surface area contributed by atoms with Crippen molar-refractivity contribution in [3.8, 4) is 0 Å². The van der Waals surface area contributed by atoms with Crippen molar-refractivity contribution in [3.63, 3.8) is 0 Å². The van der Waals surface area contributed by atoms with Crippen molar-refractivity contribution in [1.82, 2.24) is 10.6 Å². The van der Waals surface area contributed by atoms with E-state index in [9.17, 15) is 4.79 Å². The molecule has 0 aromatic rings. The van der Waals surface area contributed by atoms with E-state index in [4.69, 9.17) is 0 Å². The first-order chi connectivity index (χ1) is 6.96. The van der Waals surface area contributed by atoms with Gasteiger partial charge in [-0.25, -0.2) is 0 Å². The van der Waals surface area contributed by atoms with Gasteiger partial charge in [0.15, 0.2) is 0 Å². The fraction of sp³-hybridized carbons (Fsp3) is 0.917. The predicted molar refractivity (Wildman–Crippen MR) is 62.6 cm³/mol. The quantitative estimate of drug-likeness (QED) is 0.739. The van der Waals surface area contributed by atoms with Gasteiger partial charge in [-0.05, 0) is 31.7 Å².